The van der Waals surface area contributed by atoms with Crippen LogP contribution in [0.25, 0.3) is 0 Å². The number of rotatable bonds is 4. The van der Waals surface area contributed by atoms with Crippen LogP contribution in [0.15, 0.2) is 24.3 Å². The van der Waals surface area contributed by atoms with E-state index in [0.29, 0.717) is 13.2 Å². The average Bonchev–Trinajstić information content (AvgIpc) is 2.53. The Morgan fingerprint density at radius 3 is 2.54 bits per heavy atom. The summed E-state index contributed by atoms with van der Waals surface area (Å²) in [5.74, 6) is 0. The quantitative estimate of drug-likeness (QED) is 0.614. The van der Waals surface area contributed by atoms with Gasteiger partial charge in [-0.1, -0.05) is 19.1 Å². The number of carbonyl (C=O) groups excluding carboxylic acids is 1. The van der Waals surface area contributed by atoms with Crippen molar-refractivity contribution in [1.29, 1.82) is 0 Å². The van der Waals surface area contributed by atoms with Gasteiger partial charge in [0.05, 0.1) is 18.8 Å². The third-order valence-corrected chi connectivity index (χ3v) is 5.01. The molecule has 1 aromatic carbocycles. The Balaban J connectivity index is 1.99. The molecule has 1 aliphatic heterocycles. The number of amides is 1. The molecule has 1 fully saturated rings. The molecular formula is C19H28INO3. The number of hydrogen-bond donors (Lipinski definition) is 0. The van der Waals surface area contributed by atoms with E-state index in [9.17, 15) is 4.79 Å². The van der Waals surface area contributed by atoms with Crippen LogP contribution in [0.5, 0.6) is 0 Å². The molecule has 0 saturated carbocycles. The van der Waals surface area contributed by atoms with Gasteiger partial charge in [-0.3, -0.25) is 0 Å². The highest BCUT2D eigenvalue weighted by molar-refractivity contribution is 14.1. The van der Waals surface area contributed by atoms with Crippen molar-refractivity contribution in [1.82, 2.24) is 4.90 Å². The van der Waals surface area contributed by atoms with Crippen LogP contribution < -0.4 is 0 Å². The van der Waals surface area contributed by atoms with Crippen LogP contribution in [0.1, 0.15) is 52.5 Å². The number of hydrogen-bond acceptors (Lipinski definition) is 3. The number of ether oxygens (including phenoxy) is 2. The molecule has 134 valence electrons. The first-order chi connectivity index (χ1) is 11.2. The SMILES string of the molecule is CCC1(OCc2ccc(I)cc2)CCCN(C(=O)OC(C)(C)C)C1. The summed E-state index contributed by atoms with van der Waals surface area (Å²) < 4.78 is 13.0. The second-order valence-electron chi connectivity index (χ2n) is 7.46. The highest BCUT2D eigenvalue weighted by Gasteiger charge is 2.38. The number of nitrogens with zero attached hydrogens (tertiary/aromatic N) is 1. The van der Waals surface area contributed by atoms with Gasteiger partial charge in [0, 0.05) is 10.1 Å². The van der Waals surface area contributed by atoms with Gasteiger partial charge in [0.2, 0.25) is 0 Å². The predicted octanol–water partition coefficient (Wildman–Crippen LogP) is 4.99. The Morgan fingerprint density at radius 1 is 1.29 bits per heavy atom. The van der Waals surface area contributed by atoms with E-state index in [2.05, 4.69) is 53.8 Å². The van der Waals surface area contributed by atoms with Crippen molar-refractivity contribution in [2.75, 3.05) is 13.1 Å². The van der Waals surface area contributed by atoms with Crippen LogP contribution in [-0.2, 0) is 16.1 Å². The van der Waals surface area contributed by atoms with Crippen molar-refractivity contribution in [3.8, 4) is 0 Å². The fraction of sp³-hybridized carbons (Fsp3) is 0.632. The van der Waals surface area contributed by atoms with Gasteiger partial charge in [0.25, 0.3) is 0 Å². The monoisotopic (exact) mass is 445 g/mol. The summed E-state index contributed by atoms with van der Waals surface area (Å²) in [6.07, 6.45) is 2.57. The van der Waals surface area contributed by atoms with Gasteiger partial charge >= 0.3 is 6.09 Å². The summed E-state index contributed by atoms with van der Waals surface area (Å²) in [7, 11) is 0. The summed E-state index contributed by atoms with van der Waals surface area (Å²) in [5, 5.41) is 0. The zero-order valence-corrected chi connectivity index (χ0v) is 17.3. The van der Waals surface area contributed by atoms with Gasteiger partial charge in [-0.15, -0.1) is 0 Å². The topological polar surface area (TPSA) is 38.8 Å². The fourth-order valence-corrected chi connectivity index (χ4v) is 3.27. The molecule has 0 N–H and O–H groups in total. The molecule has 5 heteroatoms. The Kier molecular flexibility index (Phi) is 6.53. The molecule has 0 aliphatic carbocycles. The first kappa shape index (κ1) is 19.5. The van der Waals surface area contributed by atoms with E-state index in [4.69, 9.17) is 9.47 Å². The van der Waals surface area contributed by atoms with E-state index in [1.54, 1.807) is 4.90 Å². The molecule has 1 heterocycles. The van der Waals surface area contributed by atoms with Crippen molar-refractivity contribution in [3.63, 3.8) is 0 Å². The third kappa shape index (κ3) is 5.62. The second kappa shape index (κ2) is 8.04. The van der Waals surface area contributed by atoms with Crippen LogP contribution in [-0.4, -0.2) is 35.3 Å². The van der Waals surface area contributed by atoms with E-state index in [0.717, 1.165) is 31.4 Å². The minimum atomic E-state index is -0.467. The lowest BCUT2D eigenvalue weighted by Crippen LogP contribution is -2.52. The molecule has 1 aromatic rings. The fourth-order valence-electron chi connectivity index (χ4n) is 2.91. The Bertz CT molecular complexity index is 553. The zero-order valence-electron chi connectivity index (χ0n) is 15.1. The van der Waals surface area contributed by atoms with E-state index in [-0.39, 0.29) is 11.7 Å². The maximum Gasteiger partial charge on any atom is 0.410 e. The van der Waals surface area contributed by atoms with Crippen molar-refractivity contribution >= 4 is 28.7 Å². The first-order valence-electron chi connectivity index (χ1n) is 8.59. The molecule has 1 unspecified atom stereocenters. The predicted molar refractivity (Wildman–Crippen MR) is 104 cm³/mol. The van der Waals surface area contributed by atoms with Crippen LogP contribution >= 0.6 is 22.6 Å². The summed E-state index contributed by atoms with van der Waals surface area (Å²) in [5.41, 5.74) is 0.418. The minimum Gasteiger partial charge on any atom is -0.444 e. The van der Waals surface area contributed by atoms with Crippen molar-refractivity contribution in [3.05, 3.63) is 33.4 Å². The number of carbonyl (C=O) groups is 1. The molecule has 1 amide bonds. The molecule has 0 bridgehead atoms. The normalized spacial score (nSPS) is 21.6. The van der Waals surface area contributed by atoms with Crippen molar-refractivity contribution < 1.29 is 14.3 Å². The lowest BCUT2D eigenvalue weighted by atomic mass is 9.90. The van der Waals surface area contributed by atoms with Crippen LogP contribution in [0, 0.1) is 3.57 Å². The van der Waals surface area contributed by atoms with Crippen LogP contribution in [0.4, 0.5) is 4.79 Å². The molecule has 2 rings (SSSR count). The van der Waals surface area contributed by atoms with Gasteiger partial charge in [-0.05, 0) is 80.3 Å². The number of halogens is 1. The summed E-state index contributed by atoms with van der Waals surface area (Å²) in [6, 6.07) is 8.37. The van der Waals surface area contributed by atoms with Gasteiger partial charge < -0.3 is 14.4 Å². The summed E-state index contributed by atoms with van der Waals surface area (Å²) in [6.45, 7) is 9.74. The van der Waals surface area contributed by atoms with E-state index in [1.165, 1.54) is 3.57 Å². The molecule has 0 aromatic heterocycles. The van der Waals surface area contributed by atoms with Gasteiger partial charge in [0.15, 0.2) is 0 Å². The second-order valence-corrected chi connectivity index (χ2v) is 8.70. The molecule has 0 radical (unpaired) electrons. The van der Waals surface area contributed by atoms with Crippen molar-refractivity contribution in [2.45, 2.75) is 64.8 Å². The molecule has 1 atom stereocenters. The average molecular weight is 445 g/mol. The first-order valence-corrected chi connectivity index (χ1v) is 9.67. The molecule has 0 spiro atoms. The summed E-state index contributed by atoms with van der Waals surface area (Å²) in [4.78, 5) is 14.2. The minimum absolute atomic E-state index is 0.238. The maximum atomic E-state index is 12.4. The molecule has 1 saturated heterocycles. The third-order valence-electron chi connectivity index (χ3n) is 4.29. The molecule has 1 aliphatic rings. The molecule has 4 nitrogen and oxygen atoms in total. The standard InChI is InChI=1S/C19H28INO3/c1-5-19(23-13-15-7-9-16(20)10-8-15)11-6-12-21(14-19)17(22)24-18(2,3)4/h7-10H,5-6,11-14H2,1-4H3. The summed E-state index contributed by atoms with van der Waals surface area (Å²) >= 11 is 2.30. The Hall–Kier alpha value is -0.820. The molecular weight excluding hydrogens is 417 g/mol. The number of piperidine rings is 1. The van der Waals surface area contributed by atoms with Gasteiger partial charge in [-0.25, -0.2) is 4.79 Å². The van der Waals surface area contributed by atoms with E-state index < -0.39 is 5.60 Å². The maximum absolute atomic E-state index is 12.4. The number of benzene rings is 1. The van der Waals surface area contributed by atoms with Crippen molar-refractivity contribution in [2.24, 2.45) is 0 Å². The number of likely N-dealkylation sites (tertiary alicyclic amines) is 1. The van der Waals surface area contributed by atoms with Crippen LogP contribution in [0.2, 0.25) is 0 Å². The van der Waals surface area contributed by atoms with Crippen LogP contribution in [0.3, 0.4) is 0 Å². The lowest BCUT2D eigenvalue weighted by Gasteiger charge is -2.42. The Labute approximate surface area is 159 Å². The van der Waals surface area contributed by atoms with E-state index >= 15 is 0 Å². The highest BCUT2D eigenvalue weighted by Crippen LogP contribution is 2.30. The molecule has 24 heavy (non-hydrogen) atoms. The van der Waals surface area contributed by atoms with Gasteiger partial charge in [0.1, 0.15) is 5.60 Å². The highest BCUT2D eigenvalue weighted by atomic mass is 127. The van der Waals surface area contributed by atoms with Gasteiger partial charge in [-0.2, -0.15) is 0 Å². The Morgan fingerprint density at radius 2 is 1.96 bits per heavy atom. The lowest BCUT2D eigenvalue weighted by molar-refractivity contribution is -0.101. The zero-order chi connectivity index (χ0) is 17.8. The smallest absolute Gasteiger partial charge is 0.410 e. The van der Waals surface area contributed by atoms with E-state index in [1.807, 2.05) is 20.8 Å². The largest absolute Gasteiger partial charge is 0.444 e.